The number of esters is 1. The van der Waals surface area contributed by atoms with Crippen LogP contribution in [0.1, 0.15) is 6.92 Å². The lowest BCUT2D eigenvalue weighted by Crippen LogP contribution is -2.26. The average Bonchev–Trinajstić information content (AvgIpc) is 2.72. The van der Waals surface area contributed by atoms with E-state index in [0.717, 1.165) is 15.3 Å². The lowest BCUT2D eigenvalue weighted by molar-refractivity contribution is -0.141. The van der Waals surface area contributed by atoms with E-state index in [-0.39, 0.29) is 12.5 Å². The van der Waals surface area contributed by atoms with Crippen molar-refractivity contribution >= 4 is 44.3 Å². The molecular weight excluding hydrogens is 272 g/mol. The predicted molar refractivity (Wildman–Crippen MR) is 74.5 cm³/mol. The van der Waals surface area contributed by atoms with Gasteiger partial charge in [0.05, 0.1) is 16.8 Å². The fraction of sp³-hybridized carbons (Fsp3) is 0.333. The molecule has 6 heteroatoms. The van der Waals surface area contributed by atoms with Crippen molar-refractivity contribution in [1.29, 1.82) is 0 Å². The lowest BCUT2D eigenvalue weighted by Gasteiger charge is -2.13. The number of thiazole rings is 1. The van der Waals surface area contributed by atoms with Crippen LogP contribution in [0.5, 0.6) is 0 Å². The number of hydrogen-bond acceptors (Lipinski definition) is 5. The standard InChI is InChI=1S/C12H13ClN2O2S/c1-3-17-11(16)7-15(2)12-14-9-5-4-8(13)6-10(9)18-12/h4-6H,3,7H2,1-2H3. The Balaban J connectivity index is 2.17. The van der Waals surface area contributed by atoms with Crippen LogP contribution in [-0.4, -0.2) is 31.2 Å². The first-order valence-electron chi connectivity index (χ1n) is 5.53. The van der Waals surface area contributed by atoms with Crippen molar-refractivity contribution < 1.29 is 9.53 Å². The number of rotatable bonds is 4. The fourth-order valence-corrected chi connectivity index (χ4v) is 2.72. The van der Waals surface area contributed by atoms with Crippen LogP contribution in [0.4, 0.5) is 5.13 Å². The van der Waals surface area contributed by atoms with E-state index >= 15 is 0 Å². The van der Waals surface area contributed by atoms with Crippen LogP contribution in [0.3, 0.4) is 0 Å². The molecule has 0 N–H and O–H groups in total. The van der Waals surface area contributed by atoms with E-state index in [1.807, 2.05) is 19.2 Å². The molecule has 0 fully saturated rings. The molecule has 18 heavy (non-hydrogen) atoms. The monoisotopic (exact) mass is 284 g/mol. The second kappa shape index (κ2) is 5.54. The molecule has 0 aliphatic rings. The van der Waals surface area contributed by atoms with Gasteiger partial charge in [0, 0.05) is 12.1 Å². The summed E-state index contributed by atoms with van der Waals surface area (Å²) in [4.78, 5) is 17.6. The molecule has 1 aromatic heterocycles. The van der Waals surface area contributed by atoms with Gasteiger partial charge in [-0.05, 0) is 25.1 Å². The van der Waals surface area contributed by atoms with Crippen molar-refractivity contribution in [3.8, 4) is 0 Å². The molecule has 0 aliphatic heterocycles. The maximum atomic E-state index is 11.4. The van der Waals surface area contributed by atoms with E-state index in [9.17, 15) is 4.79 Å². The van der Waals surface area contributed by atoms with E-state index in [0.29, 0.717) is 11.6 Å². The van der Waals surface area contributed by atoms with Gasteiger partial charge in [-0.2, -0.15) is 0 Å². The Kier molecular flexibility index (Phi) is 4.04. The molecule has 96 valence electrons. The van der Waals surface area contributed by atoms with Crippen molar-refractivity contribution in [2.75, 3.05) is 25.1 Å². The quantitative estimate of drug-likeness (QED) is 0.810. The average molecular weight is 285 g/mol. The van der Waals surface area contributed by atoms with Gasteiger partial charge >= 0.3 is 5.97 Å². The van der Waals surface area contributed by atoms with E-state index in [4.69, 9.17) is 16.3 Å². The molecule has 0 atom stereocenters. The van der Waals surface area contributed by atoms with Crippen LogP contribution in [0.2, 0.25) is 5.02 Å². The summed E-state index contributed by atoms with van der Waals surface area (Å²) in [5.74, 6) is -0.253. The van der Waals surface area contributed by atoms with Gasteiger partial charge in [-0.15, -0.1) is 0 Å². The van der Waals surface area contributed by atoms with Gasteiger partial charge in [-0.1, -0.05) is 22.9 Å². The van der Waals surface area contributed by atoms with Gasteiger partial charge in [-0.3, -0.25) is 4.79 Å². The van der Waals surface area contributed by atoms with Crippen LogP contribution in [0.25, 0.3) is 10.2 Å². The number of hydrogen-bond donors (Lipinski definition) is 0. The molecule has 0 spiro atoms. The smallest absolute Gasteiger partial charge is 0.325 e. The Bertz CT molecular complexity index is 570. The number of ether oxygens (including phenoxy) is 1. The van der Waals surface area contributed by atoms with Crippen molar-refractivity contribution in [2.45, 2.75) is 6.92 Å². The number of nitrogens with zero attached hydrogens (tertiary/aromatic N) is 2. The molecule has 2 aromatic rings. The number of halogens is 1. The number of anilines is 1. The molecule has 2 rings (SSSR count). The maximum absolute atomic E-state index is 11.4. The van der Waals surface area contributed by atoms with E-state index in [2.05, 4.69) is 4.98 Å². The largest absolute Gasteiger partial charge is 0.465 e. The van der Waals surface area contributed by atoms with Gasteiger partial charge < -0.3 is 9.64 Å². The Labute approximate surface area is 114 Å². The second-order valence-electron chi connectivity index (χ2n) is 3.77. The van der Waals surface area contributed by atoms with Crippen molar-refractivity contribution in [1.82, 2.24) is 4.98 Å². The summed E-state index contributed by atoms with van der Waals surface area (Å²) in [7, 11) is 1.82. The zero-order valence-electron chi connectivity index (χ0n) is 10.1. The van der Waals surface area contributed by atoms with E-state index in [1.54, 1.807) is 17.9 Å². The lowest BCUT2D eigenvalue weighted by atomic mass is 10.3. The summed E-state index contributed by atoms with van der Waals surface area (Å²) in [6, 6.07) is 5.55. The van der Waals surface area contributed by atoms with Crippen LogP contribution < -0.4 is 4.90 Å². The highest BCUT2D eigenvalue weighted by Gasteiger charge is 2.12. The first-order valence-corrected chi connectivity index (χ1v) is 6.72. The van der Waals surface area contributed by atoms with Gasteiger partial charge in [0.15, 0.2) is 5.13 Å². The Morgan fingerprint density at radius 2 is 2.33 bits per heavy atom. The summed E-state index contributed by atoms with van der Waals surface area (Å²) in [5, 5.41) is 1.46. The zero-order chi connectivity index (χ0) is 13.1. The Hall–Kier alpha value is -1.33. The van der Waals surface area contributed by atoms with Crippen LogP contribution in [0.15, 0.2) is 18.2 Å². The molecule has 1 heterocycles. The number of benzene rings is 1. The molecule has 0 amide bonds. The van der Waals surface area contributed by atoms with Gasteiger partial charge in [0.25, 0.3) is 0 Å². The minimum Gasteiger partial charge on any atom is -0.465 e. The van der Waals surface area contributed by atoms with Crippen LogP contribution in [0, 0.1) is 0 Å². The zero-order valence-corrected chi connectivity index (χ0v) is 11.7. The summed E-state index contributed by atoms with van der Waals surface area (Å²) in [6.45, 7) is 2.38. The summed E-state index contributed by atoms with van der Waals surface area (Å²) >= 11 is 7.43. The first-order chi connectivity index (χ1) is 8.60. The number of carbonyl (C=O) groups excluding carboxylic acids is 1. The van der Waals surface area contributed by atoms with E-state index < -0.39 is 0 Å². The summed E-state index contributed by atoms with van der Waals surface area (Å²) in [5.41, 5.74) is 0.884. The molecule has 0 aliphatic carbocycles. The van der Waals surface area contributed by atoms with Crippen LogP contribution in [-0.2, 0) is 9.53 Å². The van der Waals surface area contributed by atoms with Crippen molar-refractivity contribution in [2.24, 2.45) is 0 Å². The SMILES string of the molecule is CCOC(=O)CN(C)c1nc2ccc(Cl)cc2s1. The van der Waals surface area contributed by atoms with Gasteiger partial charge in [0.2, 0.25) is 0 Å². The highest BCUT2D eigenvalue weighted by atomic mass is 35.5. The minimum absolute atomic E-state index is 0.196. The highest BCUT2D eigenvalue weighted by Crippen LogP contribution is 2.29. The Morgan fingerprint density at radius 1 is 1.56 bits per heavy atom. The molecule has 0 bridgehead atoms. The maximum Gasteiger partial charge on any atom is 0.325 e. The number of likely N-dealkylation sites (N-methyl/N-ethyl adjacent to an activating group) is 1. The minimum atomic E-state index is -0.253. The normalized spacial score (nSPS) is 10.6. The highest BCUT2D eigenvalue weighted by molar-refractivity contribution is 7.22. The molecule has 0 saturated heterocycles. The molecule has 0 unspecified atom stereocenters. The van der Waals surface area contributed by atoms with E-state index in [1.165, 1.54) is 11.3 Å². The summed E-state index contributed by atoms with van der Waals surface area (Å²) in [6.07, 6.45) is 0. The topological polar surface area (TPSA) is 42.4 Å². The van der Waals surface area contributed by atoms with Crippen molar-refractivity contribution in [3.05, 3.63) is 23.2 Å². The molecule has 0 saturated carbocycles. The van der Waals surface area contributed by atoms with Crippen LogP contribution >= 0.6 is 22.9 Å². The molecule has 0 radical (unpaired) electrons. The third kappa shape index (κ3) is 2.91. The molecule has 4 nitrogen and oxygen atoms in total. The molecule has 1 aromatic carbocycles. The third-order valence-electron chi connectivity index (χ3n) is 2.34. The van der Waals surface area contributed by atoms with Crippen molar-refractivity contribution in [3.63, 3.8) is 0 Å². The van der Waals surface area contributed by atoms with Gasteiger partial charge in [0.1, 0.15) is 6.54 Å². The first kappa shape index (κ1) is 13.1. The number of fused-ring (bicyclic) bond motifs is 1. The molecular formula is C12H13ClN2O2S. The predicted octanol–water partition coefficient (Wildman–Crippen LogP) is 2.95. The third-order valence-corrected chi connectivity index (χ3v) is 3.70. The second-order valence-corrected chi connectivity index (χ2v) is 5.22. The Morgan fingerprint density at radius 3 is 3.06 bits per heavy atom. The van der Waals surface area contributed by atoms with Gasteiger partial charge in [-0.25, -0.2) is 4.98 Å². The fourth-order valence-electron chi connectivity index (χ4n) is 1.52. The number of carbonyl (C=O) groups is 1. The summed E-state index contributed by atoms with van der Waals surface area (Å²) < 4.78 is 5.91. The number of aromatic nitrogens is 1.